The molecule has 0 aromatic heterocycles. The third kappa shape index (κ3) is 3.58. The number of hydrogen-bond donors (Lipinski definition) is 1. The van der Waals surface area contributed by atoms with E-state index in [0.717, 1.165) is 13.0 Å². The van der Waals surface area contributed by atoms with Gasteiger partial charge in [0, 0.05) is 15.0 Å². The van der Waals surface area contributed by atoms with Crippen molar-refractivity contribution in [2.24, 2.45) is 5.41 Å². The number of rotatable bonds is 5. The fourth-order valence-corrected chi connectivity index (χ4v) is 3.15. The lowest BCUT2D eigenvalue weighted by Crippen LogP contribution is -2.34. The van der Waals surface area contributed by atoms with Gasteiger partial charge in [-0.3, -0.25) is 0 Å². The Kier molecular flexibility index (Phi) is 5.88. The van der Waals surface area contributed by atoms with Crippen LogP contribution in [-0.4, -0.2) is 6.54 Å². The van der Waals surface area contributed by atoms with Crippen LogP contribution < -0.4 is 5.32 Å². The van der Waals surface area contributed by atoms with Gasteiger partial charge in [0.2, 0.25) is 0 Å². The maximum Gasteiger partial charge on any atom is 0.0383 e. The smallest absolute Gasteiger partial charge is 0.0383 e. The predicted molar refractivity (Wildman–Crippen MR) is 87.1 cm³/mol. The molecule has 0 saturated heterocycles. The van der Waals surface area contributed by atoms with Crippen molar-refractivity contribution in [2.75, 3.05) is 6.54 Å². The molecule has 0 aliphatic carbocycles. The lowest BCUT2D eigenvalue weighted by Gasteiger charge is -2.35. The lowest BCUT2D eigenvalue weighted by atomic mass is 9.78. The maximum atomic E-state index is 3.71. The molecule has 1 rings (SSSR count). The van der Waals surface area contributed by atoms with Crippen LogP contribution in [0, 0.1) is 12.3 Å². The molecule has 0 fully saturated rings. The number of nitrogens with one attached hydrogen (secondary N) is 1. The second-order valence-electron chi connectivity index (χ2n) is 5.46. The second-order valence-corrected chi connectivity index (χ2v) is 7.16. The predicted octanol–water partition coefficient (Wildman–Crippen LogP) is 5.61. The minimum Gasteiger partial charge on any atom is -0.310 e. The molecule has 0 radical (unpaired) electrons. The van der Waals surface area contributed by atoms with Gasteiger partial charge in [0.05, 0.1) is 0 Å². The van der Waals surface area contributed by atoms with Crippen LogP contribution in [0.3, 0.4) is 0 Å². The highest BCUT2D eigenvalue weighted by Crippen LogP contribution is 2.40. The van der Waals surface area contributed by atoms with E-state index in [0.29, 0.717) is 6.04 Å². The van der Waals surface area contributed by atoms with Crippen LogP contribution in [0.1, 0.15) is 51.3 Å². The van der Waals surface area contributed by atoms with Crippen LogP contribution in [0.5, 0.6) is 0 Å². The van der Waals surface area contributed by atoms with Gasteiger partial charge < -0.3 is 5.32 Å². The summed E-state index contributed by atoms with van der Waals surface area (Å²) in [5.74, 6) is 0. The Morgan fingerprint density at radius 3 is 2.28 bits per heavy atom. The number of benzene rings is 1. The van der Waals surface area contributed by atoms with Crippen molar-refractivity contribution in [3.63, 3.8) is 0 Å². The van der Waals surface area contributed by atoms with Crippen LogP contribution in [-0.2, 0) is 0 Å². The van der Waals surface area contributed by atoms with Gasteiger partial charge in [-0.25, -0.2) is 0 Å². The minimum atomic E-state index is 0.229. The molecule has 1 unspecified atom stereocenters. The van der Waals surface area contributed by atoms with E-state index in [1.54, 1.807) is 0 Å². The Labute approximate surface area is 128 Å². The highest BCUT2D eigenvalue weighted by Gasteiger charge is 2.30. The van der Waals surface area contributed by atoms with Crippen molar-refractivity contribution in [2.45, 2.75) is 47.1 Å². The molecule has 1 N–H and O–H groups in total. The van der Waals surface area contributed by atoms with Crippen molar-refractivity contribution in [1.82, 2.24) is 5.32 Å². The zero-order valence-electron chi connectivity index (χ0n) is 11.9. The van der Waals surface area contributed by atoms with Gasteiger partial charge in [-0.1, -0.05) is 59.6 Å². The highest BCUT2D eigenvalue weighted by atomic mass is 79.9. The van der Waals surface area contributed by atoms with Crippen molar-refractivity contribution in [3.8, 4) is 0 Å². The summed E-state index contributed by atoms with van der Waals surface area (Å²) in [7, 11) is 0. The summed E-state index contributed by atoms with van der Waals surface area (Å²) in [6.45, 7) is 12.1. The molecule has 1 aromatic carbocycles. The van der Waals surface area contributed by atoms with Crippen LogP contribution >= 0.6 is 31.9 Å². The van der Waals surface area contributed by atoms with E-state index in [2.05, 4.69) is 83.9 Å². The van der Waals surface area contributed by atoms with Gasteiger partial charge in [0.1, 0.15) is 0 Å². The Hall–Kier alpha value is 0.140. The molecule has 0 saturated carbocycles. The molecule has 0 spiro atoms. The molecule has 3 heteroatoms. The Balaban J connectivity index is 3.26. The average Bonchev–Trinajstić information content (AvgIpc) is 2.31. The first-order valence-electron chi connectivity index (χ1n) is 6.52. The summed E-state index contributed by atoms with van der Waals surface area (Å²) in [4.78, 5) is 0. The maximum absolute atomic E-state index is 3.71. The third-order valence-electron chi connectivity index (χ3n) is 3.69. The number of halogens is 2. The largest absolute Gasteiger partial charge is 0.310 e. The Bertz CT molecular complexity index is 413. The zero-order valence-corrected chi connectivity index (χ0v) is 15.1. The average molecular weight is 377 g/mol. The van der Waals surface area contributed by atoms with E-state index in [1.807, 2.05) is 0 Å². The number of aryl methyl sites for hydroxylation is 1. The molecule has 0 heterocycles. The first-order chi connectivity index (χ1) is 8.33. The molecule has 1 atom stereocenters. The van der Waals surface area contributed by atoms with Crippen molar-refractivity contribution >= 4 is 31.9 Å². The van der Waals surface area contributed by atoms with Crippen LogP contribution in [0.25, 0.3) is 0 Å². The summed E-state index contributed by atoms with van der Waals surface area (Å²) in [6, 6.07) is 4.79. The third-order valence-corrected chi connectivity index (χ3v) is 5.23. The first-order valence-corrected chi connectivity index (χ1v) is 8.11. The van der Waals surface area contributed by atoms with Crippen molar-refractivity contribution < 1.29 is 0 Å². The van der Waals surface area contributed by atoms with Gasteiger partial charge >= 0.3 is 0 Å². The summed E-state index contributed by atoms with van der Waals surface area (Å²) in [6.07, 6.45) is 1.14. The standard InChI is InChI=1S/C15H23Br2N/c1-6-15(4,5)14(18-7-2)11-9-12(16)10(3)8-13(11)17/h8-9,14,18H,6-7H2,1-5H3. The molecular formula is C15H23Br2N. The van der Waals surface area contributed by atoms with Crippen molar-refractivity contribution in [1.29, 1.82) is 0 Å². The monoisotopic (exact) mass is 375 g/mol. The van der Waals surface area contributed by atoms with Gasteiger partial charge in [-0.05, 0) is 48.6 Å². The molecule has 1 aromatic rings. The van der Waals surface area contributed by atoms with E-state index in [4.69, 9.17) is 0 Å². The van der Waals surface area contributed by atoms with Gasteiger partial charge in [-0.2, -0.15) is 0 Å². The van der Waals surface area contributed by atoms with Crippen LogP contribution in [0.2, 0.25) is 0 Å². The van der Waals surface area contributed by atoms with E-state index in [9.17, 15) is 0 Å². The molecule has 0 aliphatic rings. The van der Waals surface area contributed by atoms with E-state index < -0.39 is 0 Å². The fourth-order valence-electron chi connectivity index (χ4n) is 2.10. The van der Waals surface area contributed by atoms with Crippen LogP contribution in [0.4, 0.5) is 0 Å². The fraction of sp³-hybridized carbons (Fsp3) is 0.600. The Morgan fingerprint density at radius 2 is 1.78 bits per heavy atom. The van der Waals surface area contributed by atoms with Gasteiger partial charge in [0.25, 0.3) is 0 Å². The van der Waals surface area contributed by atoms with E-state index >= 15 is 0 Å². The summed E-state index contributed by atoms with van der Waals surface area (Å²) >= 11 is 7.35. The SMILES string of the molecule is CCNC(c1cc(Br)c(C)cc1Br)C(C)(C)CC. The lowest BCUT2D eigenvalue weighted by molar-refractivity contribution is 0.236. The van der Waals surface area contributed by atoms with Crippen LogP contribution in [0.15, 0.2) is 21.1 Å². The summed E-state index contributed by atoms with van der Waals surface area (Å²) < 4.78 is 2.37. The first kappa shape index (κ1) is 16.2. The molecule has 0 bridgehead atoms. The molecule has 18 heavy (non-hydrogen) atoms. The normalized spacial score (nSPS) is 13.7. The quantitative estimate of drug-likeness (QED) is 0.704. The van der Waals surface area contributed by atoms with Crippen molar-refractivity contribution in [3.05, 3.63) is 32.2 Å². The molecule has 0 aliphatic heterocycles. The minimum absolute atomic E-state index is 0.229. The Morgan fingerprint density at radius 1 is 1.17 bits per heavy atom. The molecular weight excluding hydrogens is 354 g/mol. The summed E-state index contributed by atoms with van der Waals surface area (Å²) in [5.41, 5.74) is 2.82. The van der Waals surface area contributed by atoms with E-state index in [1.165, 1.54) is 20.1 Å². The second kappa shape index (κ2) is 6.53. The highest BCUT2D eigenvalue weighted by molar-refractivity contribution is 9.11. The zero-order chi connectivity index (χ0) is 13.9. The topological polar surface area (TPSA) is 12.0 Å². The molecule has 102 valence electrons. The molecule has 0 amide bonds. The van der Waals surface area contributed by atoms with E-state index in [-0.39, 0.29) is 5.41 Å². The molecule has 1 nitrogen and oxygen atoms in total. The van der Waals surface area contributed by atoms with Gasteiger partial charge in [0.15, 0.2) is 0 Å². The number of hydrogen-bond acceptors (Lipinski definition) is 1. The summed E-state index contributed by atoms with van der Waals surface area (Å²) in [5, 5.41) is 3.63. The van der Waals surface area contributed by atoms with Gasteiger partial charge in [-0.15, -0.1) is 0 Å².